The van der Waals surface area contributed by atoms with E-state index >= 15 is 0 Å². The molecular formula is C11H12N4S. The lowest BCUT2D eigenvalue weighted by atomic mass is 10.3. The van der Waals surface area contributed by atoms with Crippen LogP contribution < -0.4 is 10.6 Å². The van der Waals surface area contributed by atoms with Crippen LogP contribution in [-0.2, 0) is 0 Å². The number of nitrogens with zero attached hydrogens (tertiary/aromatic N) is 2. The minimum absolute atomic E-state index is 0.604. The molecule has 0 aliphatic heterocycles. The van der Waals surface area contributed by atoms with Crippen LogP contribution in [-0.4, -0.2) is 21.9 Å². The Kier molecular flexibility index (Phi) is 3.16. The zero-order valence-corrected chi connectivity index (χ0v) is 9.66. The standard InChI is InChI=1S/C11H12N4S/c1-12-11(16)14-9-3-5-10(6-4-9)15-8-2-7-13-15/h2-8H,1H3,(H2,12,14,16). The summed E-state index contributed by atoms with van der Waals surface area (Å²) >= 11 is 5.01. The Morgan fingerprint density at radius 3 is 2.62 bits per heavy atom. The molecule has 0 unspecified atom stereocenters. The average molecular weight is 232 g/mol. The first-order valence-corrected chi connectivity index (χ1v) is 5.29. The second-order valence-corrected chi connectivity index (χ2v) is 3.61. The van der Waals surface area contributed by atoms with E-state index in [-0.39, 0.29) is 0 Å². The first-order valence-electron chi connectivity index (χ1n) is 4.88. The number of thiocarbonyl (C=S) groups is 1. The lowest BCUT2D eigenvalue weighted by molar-refractivity contribution is 0.881. The molecule has 0 aliphatic rings. The van der Waals surface area contributed by atoms with Gasteiger partial charge in [-0.1, -0.05) is 0 Å². The Morgan fingerprint density at radius 1 is 1.31 bits per heavy atom. The highest BCUT2D eigenvalue weighted by molar-refractivity contribution is 7.80. The fourth-order valence-corrected chi connectivity index (χ4v) is 1.43. The summed E-state index contributed by atoms with van der Waals surface area (Å²) in [5.74, 6) is 0. The third-order valence-corrected chi connectivity index (χ3v) is 2.43. The Balaban J connectivity index is 2.14. The summed E-state index contributed by atoms with van der Waals surface area (Å²) < 4.78 is 1.81. The van der Waals surface area contributed by atoms with Crippen molar-refractivity contribution >= 4 is 23.0 Å². The van der Waals surface area contributed by atoms with E-state index in [4.69, 9.17) is 12.2 Å². The molecule has 4 nitrogen and oxygen atoms in total. The molecule has 0 atom stereocenters. The van der Waals surface area contributed by atoms with Gasteiger partial charge in [0.05, 0.1) is 5.69 Å². The molecular weight excluding hydrogens is 220 g/mol. The summed E-state index contributed by atoms with van der Waals surface area (Å²) in [6.07, 6.45) is 3.66. The monoisotopic (exact) mass is 232 g/mol. The van der Waals surface area contributed by atoms with Gasteiger partial charge in [0, 0.05) is 25.1 Å². The van der Waals surface area contributed by atoms with Crippen LogP contribution in [0.4, 0.5) is 5.69 Å². The highest BCUT2D eigenvalue weighted by Gasteiger charge is 1.97. The van der Waals surface area contributed by atoms with Crippen LogP contribution in [0.25, 0.3) is 5.69 Å². The first-order chi connectivity index (χ1) is 7.79. The van der Waals surface area contributed by atoms with Crippen molar-refractivity contribution in [2.24, 2.45) is 0 Å². The lowest BCUT2D eigenvalue weighted by Gasteiger charge is -2.07. The molecule has 5 heteroatoms. The zero-order valence-electron chi connectivity index (χ0n) is 8.84. The second-order valence-electron chi connectivity index (χ2n) is 3.20. The molecule has 2 rings (SSSR count). The van der Waals surface area contributed by atoms with Gasteiger partial charge in [0.2, 0.25) is 0 Å². The van der Waals surface area contributed by atoms with E-state index in [9.17, 15) is 0 Å². The average Bonchev–Trinajstić information content (AvgIpc) is 2.83. The number of hydrogen-bond acceptors (Lipinski definition) is 2. The lowest BCUT2D eigenvalue weighted by Crippen LogP contribution is -2.24. The maximum absolute atomic E-state index is 5.01. The summed E-state index contributed by atoms with van der Waals surface area (Å²) in [5.41, 5.74) is 1.97. The Morgan fingerprint density at radius 2 is 2.06 bits per heavy atom. The predicted octanol–water partition coefficient (Wildman–Crippen LogP) is 1.79. The molecule has 0 fully saturated rings. The van der Waals surface area contributed by atoms with E-state index < -0.39 is 0 Å². The van der Waals surface area contributed by atoms with Gasteiger partial charge >= 0.3 is 0 Å². The molecule has 2 aromatic rings. The summed E-state index contributed by atoms with van der Waals surface area (Å²) in [6, 6.07) is 9.77. The predicted molar refractivity (Wildman–Crippen MR) is 68.8 cm³/mol. The van der Waals surface area contributed by atoms with E-state index in [0.717, 1.165) is 11.4 Å². The molecule has 0 saturated heterocycles. The van der Waals surface area contributed by atoms with E-state index in [1.807, 2.05) is 36.5 Å². The summed E-state index contributed by atoms with van der Waals surface area (Å²) in [7, 11) is 1.79. The highest BCUT2D eigenvalue weighted by atomic mass is 32.1. The molecule has 0 saturated carbocycles. The van der Waals surface area contributed by atoms with E-state index in [2.05, 4.69) is 15.7 Å². The first kappa shape index (κ1) is 10.6. The van der Waals surface area contributed by atoms with Gasteiger partial charge in [-0.05, 0) is 42.5 Å². The van der Waals surface area contributed by atoms with Crippen LogP contribution in [0.2, 0.25) is 0 Å². The molecule has 16 heavy (non-hydrogen) atoms. The molecule has 1 aromatic carbocycles. The van der Waals surface area contributed by atoms with Gasteiger partial charge in [0.1, 0.15) is 0 Å². The molecule has 0 aliphatic carbocycles. The van der Waals surface area contributed by atoms with Crippen LogP contribution in [0.1, 0.15) is 0 Å². The summed E-state index contributed by atoms with van der Waals surface area (Å²) in [5, 5.41) is 10.7. The number of aromatic nitrogens is 2. The minimum atomic E-state index is 0.604. The quantitative estimate of drug-likeness (QED) is 0.775. The van der Waals surface area contributed by atoms with Crippen molar-refractivity contribution in [3.8, 4) is 5.69 Å². The number of rotatable bonds is 2. The van der Waals surface area contributed by atoms with Crippen molar-refractivity contribution < 1.29 is 0 Å². The fraction of sp³-hybridized carbons (Fsp3) is 0.0909. The van der Waals surface area contributed by atoms with Crippen LogP contribution in [0, 0.1) is 0 Å². The molecule has 1 heterocycles. The SMILES string of the molecule is CNC(=S)Nc1ccc(-n2cccn2)cc1. The van der Waals surface area contributed by atoms with Crippen molar-refractivity contribution in [1.82, 2.24) is 15.1 Å². The Hall–Kier alpha value is -1.88. The van der Waals surface area contributed by atoms with Crippen LogP contribution in [0.3, 0.4) is 0 Å². The van der Waals surface area contributed by atoms with E-state index in [1.165, 1.54) is 0 Å². The fourth-order valence-electron chi connectivity index (χ4n) is 1.31. The van der Waals surface area contributed by atoms with Crippen LogP contribution in [0.5, 0.6) is 0 Å². The minimum Gasteiger partial charge on any atom is -0.366 e. The van der Waals surface area contributed by atoms with Crippen molar-refractivity contribution in [3.63, 3.8) is 0 Å². The van der Waals surface area contributed by atoms with Gasteiger partial charge in [-0.2, -0.15) is 5.10 Å². The second kappa shape index (κ2) is 4.76. The number of nitrogens with one attached hydrogen (secondary N) is 2. The molecule has 1 aromatic heterocycles. The largest absolute Gasteiger partial charge is 0.366 e. The number of anilines is 1. The van der Waals surface area contributed by atoms with Gasteiger partial charge < -0.3 is 10.6 Å². The molecule has 82 valence electrons. The van der Waals surface area contributed by atoms with Crippen LogP contribution >= 0.6 is 12.2 Å². The number of benzene rings is 1. The van der Waals surface area contributed by atoms with Crippen molar-refractivity contribution in [1.29, 1.82) is 0 Å². The topological polar surface area (TPSA) is 41.9 Å². The van der Waals surface area contributed by atoms with Gasteiger partial charge in [-0.3, -0.25) is 0 Å². The van der Waals surface area contributed by atoms with Gasteiger partial charge in [0.25, 0.3) is 0 Å². The summed E-state index contributed by atoms with van der Waals surface area (Å²) in [6.45, 7) is 0. The molecule has 0 spiro atoms. The number of hydrogen-bond donors (Lipinski definition) is 2. The maximum atomic E-state index is 5.01. The van der Waals surface area contributed by atoms with Crippen LogP contribution in [0.15, 0.2) is 42.7 Å². The molecule has 2 N–H and O–H groups in total. The normalized spacial score (nSPS) is 9.81. The molecule has 0 amide bonds. The van der Waals surface area contributed by atoms with Crippen molar-refractivity contribution in [2.45, 2.75) is 0 Å². The van der Waals surface area contributed by atoms with Gasteiger partial charge in [0.15, 0.2) is 5.11 Å². The zero-order chi connectivity index (χ0) is 11.4. The summed E-state index contributed by atoms with van der Waals surface area (Å²) in [4.78, 5) is 0. The molecule has 0 radical (unpaired) electrons. The van der Waals surface area contributed by atoms with E-state index in [0.29, 0.717) is 5.11 Å². The van der Waals surface area contributed by atoms with Crippen molar-refractivity contribution in [3.05, 3.63) is 42.7 Å². The van der Waals surface area contributed by atoms with E-state index in [1.54, 1.807) is 17.9 Å². The molecule has 0 bridgehead atoms. The highest BCUT2D eigenvalue weighted by Crippen LogP contribution is 2.12. The third kappa shape index (κ3) is 2.38. The smallest absolute Gasteiger partial charge is 0.170 e. The van der Waals surface area contributed by atoms with Gasteiger partial charge in [-0.25, -0.2) is 4.68 Å². The van der Waals surface area contributed by atoms with Gasteiger partial charge in [-0.15, -0.1) is 0 Å². The third-order valence-electron chi connectivity index (χ3n) is 2.12. The Bertz CT molecular complexity index is 461. The Labute approximate surface area is 99.3 Å². The van der Waals surface area contributed by atoms with Crippen molar-refractivity contribution in [2.75, 3.05) is 12.4 Å². The maximum Gasteiger partial charge on any atom is 0.170 e.